The molecule has 0 aliphatic rings. The Bertz CT molecular complexity index is 584. The number of aliphatic hydroxyl groups is 1. The number of carbonyl (C=O) groups is 1. The van der Waals surface area contributed by atoms with E-state index in [-0.39, 0.29) is 18.1 Å². The van der Waals surface area contributed by atoms with E-state index in [2.05, 4.69) is 5.32 Å². The van der Waals surface area contributed by atoms with E-state index in [1.54, 1.807) is 30.3 Å². The molecule has 0 aliphatic carbocycles. The monoisotopic (exact) mass is 285 g/mol. The van der Waals surface area contributed by atoms with Gasteiger partial charge in [-0.3, -0.25) is 4.79 Å². The zero-order valence-electron chi connectivity index (χ0n) is 11.7. The number of benzene rings is 2. The summed E-state index contributed by atoms with van der Waals surface area (Å²) in [5, 5.41) is 22.1. The van der Waals surface area contributed by atoms with E-state index in [1.807, 2.05) is 24.3 Å². The summed E-state index contributed by atoms with van der Waals surface area (Å²) in [4.78, 5) is 11.8. The summed E-state index contributed by atoms with van der Waals surface area (Å²) in [6.07, 6.45) is -0.0991. The number of phenols is 1. The van der Waals surface area contributed by atoms with Gasteiger partial charge in [0.25, 0.3) is 0 Å². The molecule has 0 fully saturated rings. The lowest BCUT2D eigenvalue weighted by molar-refractivity contribution is -0.123. The van der Waals surface area contributed by atoms with Gasteiger partial charge in [-0.25, -0.2) is 0 Å². The van der Waals surface area contributed by atoms with E-state index in [0.717, 1.165) is 11.1 Å². The van der Waals surface area contributed by atoms with Crippen molar-refractivity contribution < 1.29 is 15.0 Å². The largest absolute Gasteiger partial charge is 0.508 e. The maximum atomic E-state index is 11.8. The van der Waals surface area contributed by atoms with Crippen LogP contribution < -0.4 is 5.32 Å². The second kappa shape index (κ2) is 7.45. The van der Waals surface area contributed by atoms with Crippen molar-refractivity contribution in [2.24, 2.45) is 0 Å². The van der Waals surface area contributed by atoms with Crippen LogP contribution in [0.2, 0.25) is 0 Å². The van der Waals surface area contributed by atoms with Crippen molar-refractivity contribution in [1.82, 2.24) is 5.32 Å². The molecule has 1 amide bonds. The van der Waals surface area contributed by atoms with Gasteiger partial charge in [0.15, 0.2) is 0 Å². The number of phenolic OH excluding ortho intramolecular Hbond substituents is 1. The highest BCUT2D eigenvalue weighted by Gasteiger charge is 2.12. The Kier molecular flexibility index (Phi) is 5.35. The Hall–Kier alpha value is -2.33. The number of nitrogens with one attached hydrogen (secondary N) is 1. The number of hydrogen-bond acceptors (Lipinski definition) is 3. The summed E-state index contributed by atoms with van der Waals surface area (Å²) in [7, 11) is 0. The van der Waals surface area contributed by atoms with Crippen molar-refractivity contribution in [3.63, 3.8) is 0 Å². The Balaban J connectivity index is 1.75. The van der Waals surface area contributed by atoms with Crippen molar-refractivity contribution in [2.45, 2.75) is 18.9 Å². The van der Waals surface area contributed by atoms with E-state index < -0.39 is 6.10 Å². The first-order chi connectivity index (χ1) is 10.1. The molecular formula is C17H19NO3. The molecule has 0 radical (unpaired) electrons. The van der Waals surface area contributed by atoms with Crippen LogP contribution in [0.1, 0.15) is 23.7 Å². The highest BCUT2D eigenvalue weighted by Crippen LogP contribution is 2.15. The van der Waals surface area contributed by atoms with Crippen molar-refractivity contribution >= 4 is 5.91 Å². The van der Waals surface area contributed by atoms with E-state index in [0.29, 0.717) is 13.0 Å². The average Bonchev–Trinajstić information content (AvgIpc) is 2.48. The fraction of sp³-hybridized carbons (Fsp3) is 0.235. The molecule has 2 rings (SSSR count). The van der Waals surface area contributed by atoms with Gasteiger partial charge in [-0.05, 0) is 29.7 Å². The van der Waals surface area contributed by atoms with Crippen LogP contribution >= 0.6 is 0 Å². The van der Waals surface area contributed by atoms with Crippen LogP contribution in [0.5, 0.6) is 5.75 Å². The first kappa shape index (κ1) is 15.1. The van der Waals surface area contributed by atoms with Gasteiger partial charge in [0, 0.05) is 6.54 Å². The van der Waals surface area contributed by atoms with E-state index in [4.69, 9.17) is 0 Å². The number of aliphatic hydroxyl groups excluding tert-OH is 1. The molecule has 0 saturated heterocycles. The predicted molar refractivity (Wildman–Crippen MR) is 80.8 cm³/mol. The third-order valence-corrected chi connectivity index (χ3v) is 3.21. The molecule has 0 aromatic heterocycles. The molecule has 110 valence electrons. The molecule has 0 bridgehead atoms. The summed E-state index contributed by atoms with van der Waals surface area (Å²) in [6, 6.07) is 16.1. The van der Waals surface area contributed by atoms with Crippen molar-refractivity contribution in [3.05, 3.63) is 65.7 Å². The second-order valence-corrected chi connectivity index (χ2v) is 4.90. The van der Waals surface area contributed by atoms with Gasteiger partial charge in [0.05, 0.1) is 12.5 Å². The zero-order chi connectivity index (χ0) is 15.1. The minimum absolute atomic E-state index is 0.0457. The Labute approximate surface area is 124 Å². The quantitative estimate of drug-likeness (QED) is 0.762. The molecule has 4 heteroatoms. The molecule has 3 N–H and O–H groups in total. The predicted octanol–water partition coefficient (Wildman–Crippen LogP) is 2.17. The van der Waals surface area contributed by atoms with Crippen molar-refractivity contribution in [2.75, 3.05) is 6.54 Å². The van der Waals surface area contributed by atoms with Gasteiger partial charge in [0.2, 0.25) is 5.91 Å². The van der Waals surface area contributed by atoms with Gasteiger partial charge < -0.3 is 15.5 Å². The van der Waals surface area contributed by atoms with Gasteiger partial charge in [0.1, 0.15) is 5.75 Å². The van der Waals surface area contributed by atoms with Crippen LogP contribution in [0.3, 0.4) is 0 Å². The van der Waals surface area contributed by atoms with Crippen LogP contribution in [0.15, 0.2) is 54.6 Å². The highest BCUT2D eigenvalue weighted by molar-refractivity contribution is 5.76. The molecule has 21 heavy (non-hydrogen) atoms. The molecule has 4 nitrogen and oxygen atoms in total. The lowest BCUT2D eigenvalue weighted by atomic mass is 10.1. The number of rotatable bonds is 6. The SMILES string of the molecule is O=C(CC(O)c1ccccc1)NCCc1cccc(O)c1. The van der Waals surface area contributed by atoms with Crippen LogP contribution in [-0.4, -0.2) is 22.7 Å². The van der Waals surface area contributed by atoms with Crippen molar-refractivity contribution in [3.8, 4) is 5.75 Å². The van der Waals surface area contributed by atoms with Gasteiger partial charge >= 0.3 is 0 Å². The summed E-state index contributed by atoms with van der Waals surface area (Å²) in [6.45, 7) is 0.476. The maximum Gasteiger partial charge on any atom is 0.222 e. The Morgan fingerprint density at radius 2 is 1.86 bits per heavy atom. The van der Waals surface area contributed by atoms with Crippen LogP contribution in [-0.2, 0) is 11.2 Å². The third-order valence-electron chi connectivity index (χ3n) is 3.21. The molecule has 0 spiro atoms. The number of hydrogen-bond donors (Lipinski definition) is 3. The first-order valence-corrected chi connectivity index (χ1v) is 6.93. The van der Waals surface area contributed by atoms with Crippen molar-refractivity contribution in [1.29, 1.82) is 0 Å². The Morgan fingerprint density at radius 3 is 2.57 bits per heavy atom. The highest BCUT2D eigenvalue weighted by atomic mass is 16.3. The lowest BCUT2D eigenvalue weighted by Crippen LogP contribution is -2.27. The van der Waals surface area contributed by atoms with Gasteiger partial charge in [-0.15, -0.1) is 0 Å². The van der Waals surface area contributed by atoms with Crippen LogP contribution in [0, 0.1) is 0 Å². The summed E-state index contributed by atoms with van der Waals surface area (Å²) in [5.41, 5.74) is 1.69. The molecule has 1 unspecified atom stereocenters. The number of amides is 1. The smallest absolute Gasteiger partial charge is 0.222 e. The first-order valence-electron chi connectivity index (χ1n) is 6.93. The second-order valence-electron chi connectivity index (χ2n) is 4.90. The average molecular weight is 285 g/mol. The topological polar surface area (TPSA) is 69.6 Å². The molecule has 0 aliphatic heterocycles. The molecule has 0 heterocycles. The number of carbonyl (C=O) groups excluding carboxylic acids is 1. The van der Waals surface area contributed by atoms with Crippen LogP contribution in [0.25, 0.3) is 0 Å². The summed E-state index contributed by atoms with van der Waals surface area (Å²) >= 11 is 0. The minimum Gasteiger partial charge on any atom is -0.508 e. The fourth-order valence-corrected chi connectivity index (χ4v) is 2.10. The van der Waals surface area contributed by atoms with E-state index in [9.17, 15) is 15.0 Å². The summed E-state index contributed by atoms with van der Waals surface area (Å²) < 4.78 is 0. The molecule has 0 saturated carbocycles. The molecule has 2 aromatic rings. The lowest BCUT2D eigenvalue weighted by Gasteiger charge is -2.11. The third kappa shape index (κ3) is 4.93. The normalized spacial score (nSPS) is 11.9. The fourth-order valence-electron chi connectivity index (χ4n) is 2.10. The zero-order valence-corrected chi connectivity index (χ0v) is 11.7. The molecular weight excluding hydrogens is 266 g/mol. The summed E-state index contributed by atoms with van der Waals surface area (Å²) in [5.74, 6) is 0.0323. The maximum absolute atomic E-state index is 11.8. The Morgan fingerprint density at radius 1 is 1.10 bits per heavy atom. The van der Waals surface area contributed by atoms with E-state index >= 15 is 0 Å². The van der Waals surface area contributed by atoms with Crippen LogP contribution in [0.4, 0.5) is 0 Å². The number of aromatic hydroxyl groups is 1. The van der Waals surface area contributed by atoms with Gasteiger partial charge in [-0.1, -0.05) is 42.5 Å². The standard InChI is InChI=1S/C17H19NO3/c19-15-8-4-5-13(11-15)9-10-18-17(21)12-16(20)14-6-2-1-3-7-14/h1-8,11,16,19-20H,9-10,12H2,(H,18,21). The molecule has 1 atom stereocenters. The molecule has 2 aromatic carbocycles. The van der Waals surface area contributed by atoms with Gasteiger partial charge in [-0.2, -0.15) is 0 Å². The minimum atomic E-state index is -0.785. The van der Waals surface area contributed by atoms with E-state index in [1.165, 1.54) is 0 Å².